The highest BCUT2D eigenvalue weighted by atomic mass is 32.2. The number of nitrogens with two attached hydrogens (primary N) is 1. The summed E-state index contributed by atoms with van der Waals surface area (Å²) in [7, 11) is 1.59. The topological polar surface area (TPSA) is 84.7 Å². The van der Waals surface area contributed by atoms with Gasteiger partial charge in [0.15, 0.2) is 0 Å². The maximum atomic E-state index is 12.7. The first-order valence-electron chi connectivity index (χ1n) is 13.0. The molecule has 9 heteroatoms. The number of thiophene rings is 1. The third-order valence-electron chi connectivity index (χ3n) is 7.30. The van der Waals surface area contributed by atoms with Gasteiger partial charge < -0.3 is 16.0 Å². The Balaban J connectivity index is 1.53. The highest BCUT2D eigenvalue weighted by molar-refractivity contribution is 7.99. The van der Waals surface area contributed by atoms with Crippen molar-refractivity contribution in [2.75, 3.05) is 30.4 Å². The van der Waals surface area contributed by atoms with Crippen molar-refractivity contribution in [2.45, 2.75) is 57.5 Å². The number of hydrogen-bond donors (Lipinski definition) is 2. The van der Waals surface area contributed by atoms with Crippen molar-refractivity contribution in [2.24, 2.45) is 11.7 Å². The molecular weight excluding hydrogens is 509 g/mol. The molecule has 1 aliphatic heterocycles. The molecule has 2 aromatic rings. The number of hydrogen-bond acceptors (Lipinski definition) is 7. The lowest BCUT2D eigenvalue weighted by molar-refractivity contribution is -0.183. The summed E-state index contributed by atoms with van der Waals surface area (Å²) < 4.78 is 11.9. The molecule has 0 radical (unpaired) electrons. The van der Waals surface area contributed by atoms with Gasteiger partial charge in [-0.1, -0.05) is 25.3 Å². The minimum atomic E-state index is -0.986. The zero-order chi connectivity index (χ0) is 26.2. The number of carbonyl (C=O) groups excluding carboxylic acids is 2. The fraction of sp³-hybridized carbons (Fsp3) is 0.500. The van der Waals surface area contributed by atoms with Gasteiger partial charge in [-0.2, -0.15) is 11.8 Å². The van der Waals surface area contributed by atoms with Gasteiger partial charge in [-0.15, -0.1) is 11.3 Å². The number of halogens is 1. The largest absolute Gasteiger partial charge is 0.378 e. The molecule has 1 saturated carbocycles. The van der Waals surface area contributed by atoms with Crippen LogP contribution in [-0.2, 0) is 16.3 Å². The van der Waals surface area contributed by atoms with Crippen molar-refractivity contribution >= 4 is 46.2 Å². The van der Waals surface area contributed by atoms with Crippen LogP contribution in [0.15, 0.2) is 36.4 Å². The third kappa shape index (κ3) is 7.15. The molecule has 1 aliphatic carbocycles. The normalized spacial score (nSPS) is 17.1. The molecule has 6 nitrogen and oxygen atoms in total. The number of allylic oxidation sites excluding steroid dienone is 1. The minimum Gasteiger partial charge on any atom is -0.378 e. The Labute approximate surface area is 226 Å². The van der Waals surface area contributed by atoms with Crippen LogP contribution in [0.2, 0.25) is 0 Å². The van der Waals surface area contributed by atoms with Crippen molar-refractivity contribution in [3.63, 3.8) is 0 Å². The summed E-state index contributed by atoms with van der Waals surface area (Å²) >= 11 is 3.82. The van der Waals surface area contributed by atoms with Gasteiger partial charge in [0.05, 0.1) is 12.5 Å². The molecule has 4 rings (SSSR count). The van der Waals surface area contributed by atoms with E-state index in [-0.39, 0.29) is 24.9 Å². The molecule has 1 aromatic carbocycles. The van der Waals surface area contributed by atoms with Gasteiger partial charge in [-0.3, -0.25) is 9.74 Å². The standard InChI is InChI=1S/C28H36FN3O3S2/c1-32(14-11-26(33)35-29)28(34)21-7-9-22(10-8-21)31-27(20-5-3-2-4-6-20)23-17-24(37-25(23)18-30)19-12-15-36-16-13-19/h7-10,12,17,20,27,31H,2-6,11,13-16,18,30H2,1H3. The van der Waals surface area contributed by atoms with Gasteiger partial charge in [-0.25, -0.2) is 4.79 Å². The number of nitrogens with zero attached hydrogens (tertiary/aromatic N) is 1. The van der Waals surface area contributed by atoms with Crippen LogP contribution in [0.4, 0.5) is 10.2 Å². The molecular formula is C28H36FN3O3S2. The Kier molecular flexibility index (Phi) is 10.1. The first-order chi connectivity index (χ1) is 18.0. The van der Waals surface area contributed by atoms with E-state index in [9.17, 15) is 14.1 Å². The summed E-state index contributed by atoms with van der Waals surface area (Å²) in [6.07, 6.45) is 9.44. The van der Waals surface area contributed by atoms with E-state index in [1.807, 2.05) is 35.2 Å². The van der Waals surface area contributed by atoms with E-state index in [4.69, 9.17) is 5.73 Å². The van der Waals surface area contributed by atoms with Gasteiger partial charge in [0.2, 0.25) is 0 Å². The van der Waals surface area contributed by atoms with Crippen molar-refractivity contribution < 1.29 is 19.1 Å². The molecule has 3 N–H and O–H groups in total. The van der Waals surface area contributed by atoms with Crippen molar-refractivity contribution in [3.8, 4) is 0 Å². The lowest BCUT2D eigenvalue weighted by Gasteiger charge is -2.32. The van der Waals surface area contributed by atoms with Crippen LogP contribution in [0, 0.1) is 5.92 Å². The number of nitrogens with one attached hydrogen (secondary N) is 1. The van der Waals surface area contributed by atoms with E-state index in [0.29, 0.717) is 18.0 Å². The van der Waals surface area contributed by atoms with Crippen LogP contribution in [0.25, 0.3) is 5.57 Å². The number of rotatable bonds is 10. The van der Waals surface area contributed by atoms with Crippen LogP contribution in [0.5, 0.6) is 0 Å². The molecule has 0 bridgehead atoms. The first kappa shape index (κ1) is 27.7. The van der Waals surface area contributed by atoms with Crippen LogP contribution < -0.4 is 11.1 Å². The molecule has 2 heterocycles. The molecule has 1 fully saturated rings. The maximum Gasteiger partial charge on any atom is 0.350 e. The molecule has 1 amide bonds. The average Bonchev–Trinajstić information content (AvgIpc) is 3.39. The summed E-state index contributed by atoms with van der Waals surface area (Å²) in [4.78, 5) is 30.9. The van der Waals surface area contributed by atoms with E-state index in [2.05, 4.69) is 22.4 Å². The fourth-order valence-electron chi connectivity index (χ4n) is 5.20. The summed E-state index contributed by atoms with van der Waals surface area (Å²) in [5, 5.41) is 3.80. The van der Waals surface area contributed by atoms with Gasteiger partial charge in [0, 0.05) is 51.4 Å². The average molecular weight is 546 g/mol. The SMILES string of the molecule is CN(CCC(=O)OF)C(=O)c1ccc(NC(c2cc(C3=CCSCC3)sc2CN)C2CCCCC2)cc1. The molecule has 37 heavy (non-hydrogen) atoms. The molecule has 1 aromatic heterocycles. The Morgan fingerprint density at radius 3 is 2.62 bits per heavy atom. The van der Waals surface area contributed by atoms with Crippen LogP contribution in [-0.4, -0.2) is 41.9 Å². The number of benzene rings is 1. The van der Waals surface area contributed by atoms with Crippen LogP contribution in [0.1, 0.15) is 76.7 Å². The van der Waals surface area contributed by atoms with E-state index >= 15 is 0 Å². The molecule has 1 unspecified atom stereocenters. The van der Waals surface area contributed by atoms with E-state index in [0.717, 1.165) is 17.9 Å². The summed E-state index contributed by atoms with van der Waals surface area (Å²) in [6, 6.07) is 9.99. The quantitative estimate of drug-likeness (QED) is 0.362. The lowest BCUT2D eigenvalue weighted by Crippen LogP contribution is -2.29. The number of amides is 1. The second-order valence-electron chi connectivity index (χ2n) is 9.77. The van der Waals surface area contributed by atoms with Crippen molar-refractivity contribution in [1.29, 1.82) is 0 Å². The second-order valence-corrected chi connectivity index (χ2v) is 12.1. The first-order valence-corrected chi connectivity index (χ1v) is 15.0. The van der Waals surface area contributed by atoms with Crippen molar-refractivity contribution in [3.05, 3.63) is 57.3 Å². The summed E-state index contributed by atoms with van der Waals surface area (Å²) in [5.41, 5.74) is 10.5. The van der Waals surface area contributed by atoms with Gasteiger partial charge in [0.1, 0.15) is 0 Å². The van der Waals surface area contributed by atoms with E-state index in [1.165, 1.54) is 63.6 Å². The highest BCUT2D eigenvalue weighted by Crippen LogP contribution is 2.42. The molecule has 2 aliphatic rings. The molecule has 0 spiro atoms. The second kappa shape index (κ2) is 13.4. The highest BCUT2D eigenvalue weighted by Gasteiger charge is 2.29. The Bertz CT molecular complexity index is 1100. The van der Waals surface area contributed by atoms with Crippen molar-refractivity contribution in [1.82, 2.24) is 4.90 Å². The summed E-state index contributed by atoms with van der Waals surface area (Å²) in [6.45, 7) is 0.617. The Hall–Kier alpha value is -2.36. The van der Waals surface area contributed by atoms with Gasteiger partial charge >= 0.3 is 5.97 Å². The third-order valence-corrected chi connectivity index (χ3v) is 9.45. The summed E-state index contributed by atoms with van der Waals surface area (Å²) in [5.74, 6) is 1.56. The van der Waals surface area contributed by atoms with Gasteiger partial charge in [-0.05, 0) is 72.4 Å². The van der Waals surface area contributed by atoms with Gasteiger partial charge in [0.25, 0.3) is 5.91 Å². The maximum absolute atomic E-state index is 12.7. The van der Waals surface area contributed by atoms with E-state index < -0.39 is 5.97 Å². The predicted molar refractivity (Wildman–Crippen MR) is 150 cm³/mol. The zero-order valence-electron chi connectivity index (χ0n) is 21.3. The molecule has 1 atom stereocenters. The van der Waals surface area contributed by atoms with E-state index in [1.54, 1.807) is 19.2 Å². The number of anilines is 1. The predicted octanol–water partition coefficient (Wildman–Crippen LogP) is 6.35. The fourth-order valence-corrected chi connectivity index (χ4v) is 7.20. The number of carbonyl (C=O) groups is 2. The lowest BCUT2D eigenvalue weighted by atomic mass is 9.81. The molecule has 200 valence electrons. The number of thioether (sulfide) groups is 1. The molecule has 0 saturated heterocycles. The Morgan fingerprint density at radius 1 is 1.22 bits per heavy atom. The van der Waals surface area contributed by atoms with Crippen LogP contribution in [0.3, 0.4) is 0 Å². The Morgan fingerprint density at radius 2 is 1.97 bits per heavy atom. The zero-order valence-corrected chi connectivity index (χ0v) is 23.0. The van der Waals surface area contributed by atoms with Crippen LogP contribution >= 0.6 is 23.1 Å². The monoisotopic (exact) mass is 545 g/mol. The minimum absolute atomic E-state index is 0.0861. The smallest absolute Gasteiger partial charge is 0.350 e.